The third-order valence-corrected chi connectivity index (χ3v) is 2.20. The molecule has 0 spiro atoms. The van der Waals surface area contributed by atoms with E-state index in [4.69, 9.17) is 10.6 Å². The minimum atomic E-state index is -3.23. The van der Waals surface area contributed by atoms with Crippen molar-refractivity contribution in [2.45, 2.75) is 13.0 Å². The first kappa shape index (κ1) is 11.6. The summed E-state index contributed by atoms with van der Waals surface area (Å²) < 4.78 is 15.4. The van der Waals surface area contributed by atoms with E-state index < -0.39 is 19.4 Å². The number of esters is 1. The molecule has 6 heteroatoms. The average molecular weight is 195 g/mol. The van der Waals surface area contributed by atoms with Crippen molar-refractivity contribution in [3.05, 3.63) is 0 Å². The Labute approximate surface area is 71.3 Å². The average Bonchev–Trinajstić information content (AvgIpc) is 1.84. The summed E-state index contributed by atoms with van der Waals surface area (Å²) in [5, 5.41) is 0. The molecule has 0 radical (unpaired) electrons. The van der Waals surface area contributed by atoms with Gasteiger partial charge in [0, 0.05) is 6.66 Å². The number of rotatable bonds is 4. The van der Waals surface area contributed by atoms with Crippen molar-refractivity contribution < 1.29 is 19.0 Å². The van der Waals surface area contributed by atoms with Crippen LogP contribution >= 0.6 is 7.37 Å². The van der Waals surface area contributed by atoms with Crippen molar-refractivity contribution in [2.24, 2.45) is 5.73 Å². The van der Waals surface area contributed by atoms with Crippen LogP contribution < -0.4 is 5.73 Å². The SMILES string of the molecule is CCOC(=O)C(N)CP(C)(=O)O. The standard InChI is InChI=1S/C6H14NO4P/c1-3-11-6(8)5(7)4-12(2,9)10/h5H,3-4,7H2,1-2H3,(H,9,10). The lowest BCUT2D eigenvalue weighted by Gasteiger charge is -2.11. The molecule has 0 aliphatic rings. The molecule has 2 unspecified atom stereocenters. The smallest absolute Gasteiger partial charge is 0.323 e. The van der Waals surface area contributed by atoms with Crippen molar-refractivity contribution in [3.63, 3.8) is 0 Å². The summed E-state index contributed by atoms with van der Waals surface area (Å²) in [7, 11) is -3.23. The lowest BCUT2D eigenvalue weighted by Crippen LogP contribution is -2.35. The van der Waals surface area contributed by atoms with Crippen LogP contribution in [0.1, 0.15) is 6.92 Å². The van der Waals surface area contributed by atoms with Crippen LogP contribution in [0.15, 0.2) is 0 Å². The van der Waals surface area contributed by atoms with Crippen LogP contribution in [0.5, 0.6) is 0 Å². The van der Waals surface area contributed by atoms with Crippen molar-refractivity contribution in [2.75, 3.05) is 19.4 Å². The van der Waals surface area contributed by atoms with Gasteiger partial charge in [0.1, 0.15) is 6.04 Å². The molecule has 0 aromatic heterocycles. The van der Waals surface area contributed by atoms with E-state index >= 15 is 0 Å². The second-order valence-corrected chi connectivity index (χ2v) is 5.06. The third kappa shape index (κ3) is 5.29. The monoisotopic (exact) mass is 195 g/mol. The highest BCUT2D eigenvalue weighted by atomic mass is 31.2. The molecular weight excluding hydrogens is 181 g/mol. The maximum absolute atomic E-state index is 10.8. The van der Waals surface area contributed by atoms with Crippen LogP contribution in [-0.2, 0) is 14.1 Å². The summed E-state index contributed by atoms with van der Waals surface area (Å²) in [4.78, 5) is 19.7. The van der Waals surface area contributed by atoms with Crippen LogP contribution in [0.2, 0.25) is 0 Å². The Kier molecular flexibility index (Phi) is 4.45. The number of carbonyl (C=O) groups excluding carboxylic acids is 1. The molecule has 3 N–H and O–H groups in total. The normalized spacial score (nSPS) is 18.0. The number of hydrogen-bond donors (Lipinski definition) is 2. The molecule has 0 heterocycles. The van der Waals surface area contributed by atoms with Gasteiger partial charge in [0.15, 0.2) is 7.37 Å². The van der Waals surface area contributed by atoms with E-state index in [1.165, 1.54) is 0 Å². The molecule has 0 saturated heterocycles. The van der Waals surface area contributed by atoms with Crippen LogP contribution in [0.3, 0.4) is 0 Å². The predicted octanol–water partition coefficient (Wildman–Crippen LogP) is -0.223. The van der Waals surface area contributed by atoms with Crippen LogP contribution in [-0.4, -0.2) is 36.3 Å². The number of hydrogen-bond acceptors (Lipinski definition) is 4. The fourth-order valence-electron chi connectivity index (χ4n) is 0.689. The predicted molar refractivity (Wildman–Crippen MR) is 45.2 cm³/mol. The van der Waals surface area contributed by atoms with E-state index in [0.717, 1.165) is 6.66 Å². The lowest BCUT2D eigenvalue weighted by atomic mass is 10.4. The summed E-state index contributed by atoms with van der Waals surface area (Å²) in [5.41, 5.74) is 5.28. The van der Waals surface area contributed by atoms with Gasteiger partial charge < -0.3 is 15.4 Å². The highest BCUT2D eigenvalue weighted by molar-refractivity contribution is 7.57. The van der Waals surface area contributed by atoms with Gasteiger partial charge in [0.25, 0.3) is 0 Å². The van der Waals surface area contributed by atoms with Crippen LogP contribution in [0.4, 0.5) is 0 Å². The van der Waals surface area contributed by atoms with E-state index in [9.17, 15) is 9.36 Å². The molecule has 72 valence electrons. The lowest BCUT2D eigenvalue weighted by molar-refractivity contribution is -0.144. The Morgan fingerprint density at radius 2 is 2.25 bits per heavy atom. The second-order valence-electron chi connectivity index (χ2n) is 2.59. The minimum absolute atomic E-state index is 0.228. The molecule has 0 fully saturated rings. The number of ether oxygens (including phenoxy) is 1. The van der Waals surface area contributed by atoms with Gasteiger partial charge in [-0.1, -0.05) is 0 Å². The van der Waals surface area contributed by atoms with Gasteiger partial charge in [0.2, 0.25) is 0 Å². The summed E-state index contributed by atoms with van der Waals surface area (Å²) in [5.74, 6) is -0.631. The molecule has 0 aliphatic carbocycles. The first-order valence-corrected chi connectivity index (χ1v) is 5.87. The van der Waals surface area contributed by atoms with Gasteiger partial charge >= 0.3 is 5.97 Å². The molecule has 12 heavy (non-hydrogen) atoms. The van der Waals surface area contributed by atoms with Gasteiger partial charge in [-0.3, -0.25) is 9.36 Å². The highest BCUT2D eigenvalue weighted by Gasteiger charge is 2.22. The van der Waals surface area contributed by atoms with Gasteiger partial charge in [-0.25, -0.2) is 0 Å². The molecule has 0 rings (SSSR count). The van der Waals surface area contributed by atoms with Gasteiger partial charge in [-0.15, -0.1) is 0 Å². The third-order valence-electron chi connectivity index (χ3n) is 1.12. The number of nitrogens with two attached hydrogens (primary N) is 1. The van der Waals surface area contributed by atoms with E-state index in [-0.39, 0.29) is 12.8 Å². The van der Waals surface area contributed by atoms with E-state index in [1.54, 1.807) is 6.92 Å². The Hall–Kier alpha value is -0.380. The summed E-state index contributed by atoms with van der Waals surface area (Å²) in [6.07, 6.45) is -0.230. The molecule has 0 amide bonds. The zero-order valence-corrected chi connectivity index (χ0v) is 8.08. The largest absolute Gasteiger partial charge is 0.465 e. The Balaban J connectivity index is 3.96. The fourth-order valence-corrected chi connectivity index (χ4v) is 1.57. The van der Waals surface area contributed by atoms with Crippen molar-refractivity contribution in [3.8, 4) is 0 Å². The molecule has 0 saturated carbocycles. The quantitative estimate of drug-likeness (QED) is 0.478. The molecule has 2 atom stereocenters. The van der Waals surface area contributed by atoms with E-state index in [1.807, 2.05) is 0 Å². The summed E-state index contributed by atoms with van der Waals surface area (Å²) >= 11 is 0. The van der Waals surface area contributed by atoms with Crippen molar-refractivity contribution in [1.82, 2.24) is 0 Å². The van der Waals surface area contributed by atoms with Crippen molar-refractivity contribution in [1.29, 1.82) is 0 Å². The molecule has 5 nitrogen and oxygen atoms in total. The second kappa shape index (κ2) is 4.60. The minimum Gasteiger partial charge on any atom is -0.465 e. The molecule has 0 aromatic rings. The first-order valence-electron chi connectivity index (χ1n) is 3.58. The summed E-state index contributed by atoms with van der Waals surface area (Å²) in [6.45, 7) is 3.03. The molecular formula is C6H14NO4P. The van der Waals surface area contributed by atoms with Crippen LogP contribution in [0, 0.1) is 0 Å². The fraction of sp³-hybridized carbons (Fsp3) is 0.833. The van der Waals surface area contributed by atoms with Crippen molar-refractivity contribution >= 4 is 13.3 Å². The van der Waals surface area contributed by atoms with Gasteiger partial charge in [-0.05, 0) is 6.92 Å². The maximum Gasteiger partial charge on any atom is 0.323 e. The topological polar surface area (TPSA) is 89.6 Å². The zero-order valence-electron chi connectivity index (χ0n) is 7.19. The molecule has 0 aliphatic heterocycles. The van der Waals surface area contributed by atoms with Crippen LogP contribution in [0.25, 0.3) is 0 Å². The van der Waals surface area contributed by atoms with Gasteiger partial charge in [-0.2, -0.15) is 0 Å². The van der Waals surface area contributed by atoms with E-state index in [2.05, 4.69) is 4.74 Å². The van der Waals surface area contributed by atoms with Gasteiger partial charge in [0.05, 0.1) is 12.8 Å². The zero-order chi connectivity index (χ0) is 9.78. The summed E-state index contributed by atoms with van der Waals surface area (Å²) in [6, 6.07) is -0.995. The molecule has 0 bridgehead atoms. The highest BCUT2D eigenvalue weighted by Crippen LogP contribution is 2.35. The first-order chi connectivity index (χ1) is 5.37. The Morgan fingerprint density at radius 3 is 2.58 bits per heavy atom. The molecule has 0 aromatic carbocycles. The van der Waals surface area contributed by atoms with E-state index in [0.29, 0.717) is 0 Å². The Bertz CT molecular complexity index is 200. The Morgan fingerprint density at radius 1 is 1.75 bits per heavy atom. The number of carbonyl (C=O) groups is 1. The maximum atomic E-state index is 10.8.